The summed E-state index contributed by atoms with van der Waals surface area (Å²) >= 11 is 0. The van der Waals surface area contributed by atoms with E-state index in [-0.39, 0.29) is 5.97 Å². The third-order valence-corrected chi connectivity index (χ3v) is 4.23. The van der Waals surface area contributed by atoms with Gasteiger partial charge in [-0.3, -0.25) is 4.79 Å². The molecule has 1 fully saturated rings. The van der Waals surface area contributed by atoms with Gasteiger partial charge in [-0.25, -0.2) is 0 Å². The Bertz CT molecular complexity index is 444. The molecule has 1 N–H and O–H groups in total. The quantitative estimate of drug-likeness (QED) is 0.811. The van der Waals surface area contributed by atoms with E-state index in [1.807, 2.05) is 18.2 Å². The molecule has 3 heteroatoms. The molecule has 2 unspecified atom stereocenters. The summed E-state index contributed by atoms with van der Waals surface area (Å²) < 4.78 is 4.75. The van der Waals surface area contributed by atoms with E-state index in [0.717, 1.165) is 30.5 Å². The topological polar surface area (TPSA) is 38.3 Å². The lowest BCUT2D eigenvalue weighted by Gasteiger charge is -2.13. The molecule has 0 aromatic heterocycles. The highest BCUT2D eigenvalue weighted by atomic mass is 16.5. The average molecular weight is 275 g/mol. The Labute approximate surface area is 121 Å². The Morgan fingerprint density at radius 3 is 2.70 bits per heavy atom. The normalized spacial score (nSPS) is 21.9. The molecule has 0 radical (unpaired) electrons. The van der Waals surface area contributed by atoms with Gasteiger partial charge >= 0.3 is 5.97 Å². The summed E-state index contributed by atoms with van der Waals surface area (Å²) in [5, 5.41) is 3.54. The third kappa shape index (κ3) is 4.34. The Kier molecular flexibility index (Phi) is 5.60. The highest BCUT2D eigenvalue weighted by Crippen LogP contribution is 2.29. The van der Waals surface area contributed by atoms with E-state index in [0.29, 0.717) is 6.42 Å². The summed E-state index contributed by atoms with van der Waals surface area (Å²) in [7, 11) is 1.43. The molecule has 1 aliphatic rings. The number of nitrogens with one attached hydrogen (secondary N) is 1. The number of benzene rings is 1. The highest BCUT2D eigenvalue weighted by Gasteiger charge is 2.20. The predicted octanol–water partition coefficient (Wildman–Crippen LogP) is 2.93. The number of hydrogen-bond acceptors (Lipinski definition) is 3. The number of rotatable bonds is 6. The van der Waals surface area contributed by atoms with Gasteiger partial charge in [-0.15, -0.1) is 0 Å². The molecule has 110 valence electrons. The van der Waals surface area contributed by atoms with Crippen molar-refractivity contribution >= 4 is 5.97 Å². The first-order valence-corrected chi connectivity index (χ1v) is 7.53. The lowest BCUT2D eigenvalue weighted by molar-refractivity contribution is -0.139. The van der Waals surface area contributed by atoms with Crippen LogP contribution < -0.4 is 5.32 Å². The summed E-state index contributed by atoms with van der Waals surface area (Å²) in [5.74, 6) is 1.52. The fourth-order valence-electron chi connectivity index (χ4n) is 3.05. The van der Waals surface area contributed by atoms with Gasteiger partial charge in [-0.1, -0.05) is 37.6 Å². The Hall–Kier alpha value is -1.35. The molecule has 2 rings (SSSR count). The van der Waals surface area contributed by atoms with Crippen LogP contribution in [0.1, 0.15) is 37.3 Å². The highest BCUT2D eigenvalue weighted by molar-refractivity contribution is 5.72. The lowest BCUT2D eigenvalue weighted by atomic mass is 10.0. The summed E-state index contributed by atoms with van der Waals surface area (Å²) in [5.41, 5.74) is 2.26. The maximum absolute atomic E-state index is 11.4. The van der Waals surface area contributed by atoms with Crippen LogP contribution in [-0.2, 0) is 22.5 Å². The second-order valence-electron chi connectivity index (χ2n) is 5.94. The van der Waals surface area contributed by atoms with Crippen molar-refractivity contribution in [2.75, 3.05) is 13.7 Å². The van der Waals surface area contributed by atoms with Crippen LogP contribution in [0.15, 0.2) is 24.3 Å². The molecule has 0 heterocycles. The van der Waals surface area contributed by atoms with E-state index in [2.05, 4.69) is 18.3 Å². The van der Waals surface area contributed by atoms with Crippen molar-refractivity contribution in [2.45, 2.75) is 39.2 Å². The predicted molar refractivity (Wildman–Crippen MR) is 80.4 cm³/mol. The molecule has 1 saturated carbocycles. The SMILES string of the molecule is COC(=O)Cc1ccccc1CNCC1CCC(C)C1. The van der Waals surface area contributed by atoms with Crippen LogP contribution in [0.5, 0.6) is 0 Å². The Balaban J connectivity index is 1.84. The number of hydrogen-bond donors (Lipinski definition) is 1. The van der Waals surface area contributed by atoms with Crippen molar-refractivity contribution in [3.63, 3.8) is 0 Å². The van der Waals surface area contributed by atoms with Crippen molar-refractivity contribution in [3.8, 4) is 0 Å². The van der Waals surface area contributed by atoms with E-state index in [1.54, 1.807) is 0 Å². The zero-order valence-corrected chi connectivity index (χ0v) is 12.5. The van der Waals surface area contributed by atoms with Crippen LogP contribution in [0, 0.1) is 11.8 Å². The maximum Gasteiger partial charge on any atom is 0.309 e. The van der Waals surface area contributed by atoms with E-state index >= 15 is 0 Å². The summed E-state index contributed by atoms with van der Waals surface area (Å²) in [4.78, 5) is 11.4. The van der Waals surface area contributed by atoms with Gasteiger partial charge < -0.3 is 10.1 Å². The molecule has 1 aliphatic carbocycles. The van der Waals surface area contributed by atoms with Gasteiger partial charge in [-0.2, -0.15) is 0 Å². The molecule has 0 saturated heterocycles. The van der Waals surface area contributed by atoms with E-state index in [1.165, 1.54) is 31.9 Å². The van der Waals surface area contributed by atoms with Crippen molar-refractivity contribution in [1.29, 1.82) is 0 Å². The third-order valence-electron chi connectivity index (χ3n) is 4.23. The van der Waals surface area contributed by atoms with Crippen molar-refractivity contribution in [3.05, 3.63) is 35.4 Å². The van der Waals surface area contributed by atoms with E-state index < -0.39 is 0 Å². The first-order chi connectivity index (χ1) is 9.69. The number of carbonyl (C=O) groups is 1. The first kappa shape index (κ1) is 15.0. The largest absolute Gasteiger partial charge is 0.469 e. The fourth-order valence-corrected chi connectivity index (χ4v) is 3.05. The van der Waals surface area contributed by atoms with Gasteiger partial charge in [-0.05, 0) is 42.3 Å². The summed E-state index contributed by atoms with van der Waals surface area (Å²) in [6.45, 7) is 4.25. The molecule has 0 bridgehead atoms. The summed E-state index contributed by atoms with van der Waals surface area (Å²) in [6, 6.07) is 8.09. The molecule has 3 nitrogen and oxygen atoms in total. The van der Waals surface area contributed by atoms with Crippen LogP contribution in [-0.4, -0.2) is 19.6 Å². The lowest BCUT2D eigenvalue weighted by Crippen LogP contribution is -2.22. The van der Waals surface area contributed by atoms with Crippen LogP contribution in [0.3, 0.4) is 0 Å². The maximum atomic E-state index is 11.4. The molecular formula is C17H25NO2. The molecule has 1 aromatic carbocycles. The van der Waals surface area contributed by atoms with Gasteiger partial charge in [0.25, 0.3) is 0 Å². The Morgan fingerprint density at radius 2 is 2.05 bits per heavy atom. The van der Waals surface area contributed by atoms with Crippen molar-refractivity contribution in [2.24, 2.45) is 11.8 Å². The van der Waals surface area contributed by atoms with Gasteiger partial charge in [0.15, 0.2) is 0 Å². The number of methoxy groups -OCH3 is 1. The molecule has 0 spiro atoms. The second-order valence-corrected chi connectivity index (χ2v) is 5.94. The minimum atomic E-state index is -0.179. The van der Waals surface area contributed by atoms with Crippen molar-refractivity contribution in [1.82, 2.24) is 5.32 Å². The van der Waals surface area contributed by atoms with Gasteiger partial charge in [0, 0.05) is 6.54 Å². The smallest absolute Gasteiger partial charge is 0.309 e. The summed E-state index contributed by atoms with van der Waals surface area (Å²) in [6.07, 6.45) is 4.41. The minimum absolute atomic E-state index is 0.179. The monoisotopic (exact) mass is 275 g/mol. The van der Waals surface area contributed by atoms with Crippen LogP contribution >= 0.6 is 0 Å². The van der Waals surface area contributed by atoms with Gasteiger partial charge in [0.2, 0.25) is 0 Å². The number of ether oxygens (including phenoxy) is 1. The number of carbonyl (C=O) groups excluding carboxylic acids is 1. The van der Waals surface area contributed by atoms with Gasteiger partial charge in [0.05, 0.1) is 13.5 Å². The van der Waals surface area contributed by atoms with E-state index in [4.69, 9.17) is 4.74 Å². The van der Waals surface area contributed by atoms with Gasteiger partial charge in [0.1, 0.15) is 0 Å². The van der Waals surface area contributed by atoms with Crippen molar-refractivity contribution < 1.29 is 9.53 Å². The fraction of sp³-hybridized carbons (Fsp3) is 0.588. The molecule has 0 amide bonds. The van der Waals surface area contributed by atoms with Crippen LogP contribution in [0.2, 0.25) is 0 Å². The standard InChI is InChI=1S/C17H25NO2/c1-13-7-8-14(9-13)11-18-12-16-6-4-3-5-15(16)10-17(19)20-2/h3-6,13-14,18H,7-12H2,1-2H3. The number of esters is 1. The first-order valence-electron chi connectivity index (χ1n) is 7.53. The second kappa shape index (κ2) is 7.44. The molecule has 20 heavy (non-hydrogen) atoms. The zero-order valence-electron chi connectivity index (χ0n) is 12.5. The molecule has 1 aromatic rings. The molecule has 2 atom stereocenters. The minimum Gasteiger partial charge on any atom is -0.469 e. The molecular weight excluding hydrogens is 250 g/mol. The van der Waals surface area contributed by atoms with E-state index in [9.17, 15) is 4.79 Å². The average Bonchev–Trinajstić information content (AvgIpc) is 2.86. The Morgan fingerprint density at radius 1 is 1.30 bits per heavy atom. The molecule has 0 aliphatic heterocycles. The van der Waals surface area contributed by atoms with Crippen LogP contribution in [0.25, 0.3) is 0 Å². The van der Waals surface area contributed by atoms with Crippen LogP contribution in [0.4, 0.5) is 0 Å². The zero-order chi connectivity index (χ0) is 14.4.